The van der Waals surface area contributed by atoms with Crippen LogP contribution in [-0.2, 0) is 24.6 Å². The number of sulfone groups is 1. The second kappa shape index (κ2) is 20.7. The van der Waals surface area contributed by atoms with Crippen molar-refractivity contribution in [3.8, 4) is 11.1 Å². The van der Waals surface area contributed by atoms with Gasteiger partial charge in [0, 0.05) is 71.7 Å². The molecule has 2 unspecified atom stereocenters. The third-order valence-electron chi connectivity index (χ3n) is 11.6. The summed E-state index contributed by atoms with van der Waals surface area (Å²) in [6.07, 6.45) is 2.05. The molecule has 2 aliphatic rings. The van der Waals surface area contributed by atoms with E-state index in [1.807, 2.05) is 71.5 Å². The van der Waals surface area contributed by atoms with Gasteiger partial charge >= 0.3 is 5.51 Å². The van der Waals surface area contributed by atoms with E-state index in [0.717, 1.165) is 52.2 Å². The number of rotatable bonds is 16. The van der Waals surface area contributed by atoms with Crippen molar-refractivity contribution >= 4 is 60.5 Å². The predicted molar refractivity (Wildman–Crippen MR) is 246 cm³/mol. The van der Waals surface area contributed by atoms with Crippen LogP contribution in [0.25, 0.3) is 11.1 Å². The molecular formula is C46H49ClF3N5O6S3. The highest BCUT2D eigenvalue weighted by Gasteiger charge is 2.48. The fourth-order valence-corrected chi connectivity index (χ4v) is 11.1. The van der Waals surface area contributed by atoms with Crippen molar-refractivity contribution in [3.63, 3.8) is 0 Å². The number of alkyl halides is 3. The van der Waals surface area contributed by atoms with Crippen molar-refractivity contribution in [2.24, 2.45) is 11.7 Å². The number of sulfonamides is 1. The maximum Gasteiger partial charge on any atom is 0.501 e. The van der Waals surface area contributed by atoms with E-state index in [4.69, 9.17) is 22.1 Å². The molecule has 2 aliphatic heterocycles. The molecule has 0 radical (unpaired) electrons. The van der Waals surface area contributed by atoms with E-state index in [2.05, 4.69) is 27.2 Å². The Hall–Kier alpha value is -4.62. The van der Waals surface area contributed by atoms with Crippen LogP contribution in [0, 0.1) is 5.92 Å². The van der Waals surface area contributed by atoms with E-state index in [0.29, 0.717) is 69.2 Å². The van der Waals surface area contributed by atoms with Gasteiger partial charge < -0.3 is 20.7 Å². The highest BCUT2D eigenvalue weighted by molar-refractivity contribution is 7.99. The number of hydrogen-bond acceptors (Lipinski definition) is 11. The largest absolute Gasteiger partial charge is 0.501 e. The Morgan fingerprint density at radius 3 is 2.17 bits per heavy atom. The lowest BCUT2D eigenvalue weighted by Gasteiger charge is -2.36. The Morgan fingerprint density at radius 1 is 0.844 bits per heavy atom. The number of piperidine rings is 1. The zero-order chi connectivity index (χ0) is 45.5. The summed E-state index contributed by atoms with van der Waals surface area (Å²) < 4.78 is 103. The molecule has 0 aromatic heterocycles. The van der Waals surface area contributed by atoms with Gasteiger partial charge in [0.15, 0.2) is 0 Å². The van der Waals surface area contributed by atoms with Crippen LogP contribution in [0.2, 0.25) is 5.02 Å². The molecule has 18 heteroatoms. The number of nitrogens with one attached hydrogen (secondary N) is 2. The van der Waals surface area contributed by atoms with Crippen LogP contribution in [-0.4, -0.2) is 90.9 Å². The van der Waals surface area contributed by atoms with Crippen LogP contribution < -0.4 is 20.7 Å². The Bertz CT molecular complexity index is 2590. The molecule has 0 saturated carbocycles. The van der Waals surface area contributed by atoms with E-state index < -0.39 is 52.8 Å². The number of ether oxygens (including phenoxy) is 1. The number of nitrogens with two attached hydrogens (primary N) is 1. The van der Waals surface area contributed by atoms with Gasteiger partial charge in [-0.2, -0.15) is 13.2 Å². The van der Waals surface area contributed by atoms with Gasteiger partial charge in [-0.05, 0) is 109 Å². The van der Waals surface area contributed by atoms with Gasteiger partial charge in [-0.25, -0.2) is 21.6 Å². The number of nitrogens with zero attached hydrogens (tertiary/aromatic N) is 2. The number of carbonyl (C=O) groups excluding carboxylic acids is 1. The maximum atomic E-state index is 14.2. The van der Waals surface area contributed by atoms with E-state index in [1.54, 1.807) is 12.1 Å². The molecule has 7 rings (SSSR count). The summed E-state index contributed by atoms with van der Waals surface area (Å²) in [4.78, 5) is 16.4. The van der Waals surface area contributed by atoms with Crippen molar-refractivity contribution in [2.45, 2.75) is 51.5 Å². The van der Waals surface area contributed by atoms with Crippen LogP contribution >= 0.6 is 23.4 Å². The van der Waals surface area contributed by atoms with Gasteiger partial charge in [-0.15, -0.1) is 11.8 Å². The molecule has 64 heavy (non-hydrogen) atoms. The van der Waals surface area contributed by atoms with Crippen LogP contribution in [0.15, 0.2) is 136 Å². The lowest BCUT2D eigenvalue weighted by Crippen LogP contribution is -2.39. The van der Waals surface area contributed by atoms with Crippen molar-refractivity contribution in [3.05, 3.63) is 137 Å². The van der Waals surface area contributed by atoms with Gasteiger partial charge in [-0.1, -0.05) is 66.2 Å². The molecule has 2 fully saturated rings. The third-order valence-corrected chi connectivity index (χ3v) is 15.8. The zero-order valence-corrected chi connectivity index (χ0v) is 37.9. The van der Waals surface area contributed by atoms with Crippen LogP contribution in [0.3, 0.4) is 0 Å². The summed E-state index contributed by atoms with van der Waals surface area (Å²) in [5, 5.41) is 3.64. The summed E-state index contributed by atoms with van der Waals surface area (Å²) in [5.41, 5.74) is 4.65. The lowest BCUT2D eigenvalue weighted by molar-refractivity contribution is -0.0435. The SMILES string of the molecule is NC(c1ccccc1-c1ccc(Cl)cc1)C1CCN(c2ccc(C(=O)NS(=O)(=O)c3ccc(NC(CCN4CCOCC4)CSc4ccccc4)c(S(=O)(=O)C(F)(F)F)c3)cc2)CC1. The molecule has 2 atom stereocenters. The second-order valence-corrected chi connectivity index (χ2v) is 20.9. The minimum Gasteiger partial charge on any atom is -0.380 e. The van der Waals surface area contributed by atoms with Crippen LogP contribution in [0.1, 0.15) is 41.2 Å². The monoisotopic (exact) mass is 955 g/mol. The number of benzene rings is 5. The molecule has 5 aromatic carbocycles. The first-order valence-electron chi connectivity index (χ1n) is 20.8. The Balaban J connectivity index is 1.02. The average molecular weight is 957 g/mol. The number of thioether (sulfide) groups is 1. The Kier molecular flexibility index (Phi) is 15.3. The quantitative estimate of drug-likeness (QED) is 0.0816. The van der Waals surface area contributed by atoms with E-state index in [-0.39, 0.29) is 17.5 Å². The topological polar surface area (TPSA) is 151 Å². The number of halogens is 4. The number of hydrogen-bond donors (Lipinski definition) is 3. The van der Waals surface area contributed by atoms with E-state index in [1.165, 1.54) is 23.9 Å². The summed E-state index contributed by atoms with van der Waals surface area (Å²) in [7, 11) is -10.9. The molecule has 2 saturated heterocycles. The average Bonchev–Trinajstić information content (AvgIpc) is 3.30. The summed E-state index contributed by atoms with van der Waals surface area (Å²) in [6.45, 7) is 4.38. The molecule has 0 aliphatic carbocycles. The molecule has 0 spiro atoms. The Morgan fingerprint density at radius 2 is 1.50 bits per heavy atom. The number of carbonyl (C=O) groups is 1. The summed E-state index contributed by atoms with van der Waals surface area (Å²) >= 11 is 7.57. The summed E-state index contributed by atoms with van der Waals surface area (Å²) in [5.74, 6) is -0.474. The smallest absolute Gasteiger partial charge is 0.380 e. The molecule has 11 nitrogen and oxygen atoms in total. The standard InChI is InChI=1S/C46H49ClF3N5O6S3/c47-35-14-10-32(11-15-35)40-8-4-5-9-41(40)44(51)33-20-24-55(25-21-33)37-16-12-34(13-17-37)45(56)53-64(59,60)39-18-19-42(43(30-39)63(57,58)46(48,49)50)52-36(22-23-54-26-28-61-29-27-54)31-62-38-6-2-1-3-7-38/h1-19,30,33,36,44,52H,20-29,31,51H2,(H,53,56). The molecular weight excluding hydrogens is 907 g/mol. The normalized spacial score (nSPS) is 16.5. The van der Waals surface area contributed by atoms with E-state index in [9.17, 15) is 34.8 Å². The third kappa shape index (κ3) is 11.6. The molecule has 2 heterocycles. The van der Waals surface area contributed by atoms with Crippen molar-refractivity contribution in [2.75, 3.05) is 61.9 Å². The minimum absolute atomic E-state index is 0.0245. The van der Waals surface area contributed by atoms with Gasteiger partial charge in [0.1, 0.15) is 4.90 Å². The van der Waals surface area contributed by atoms with Gasteiger partial charge in [0.2, 0.25) is 0 Å². The van der Waals surface area contributed by atoms with Crippen molar-refractivity contribution < 1.29 is 39.5 Å². The summed E-state index contributed by atoms with van der Waals surface area (Å²) in [6, 6.07) is 33.1. The molecule has 5 aromatic rings. The maximum absolute atomic E-state index is 14.2. The van der Waals surface area contributed by atoms with Crippen LogP contribution in [0.4, 0.5) is 24.5 Å². The molecule has 1 amide bonds. The molecule has 4 N–H and O–H groups in total. The number of anilines is 2. The fraction of sp³-hybridized carbons (Fsp3) is 0.326. The van der Waals surface area contributed by atoms with Crippen molar-refractivity contribution in [1.82, 2.24) is 9.62 Å². The zero-order valence-electron chi connectivity index (χ0n) is 34.7. The Labute approximate surface area is 381 Å². The van der Waals surface area contributed by atoms with Crippen molar-refractivity contribution in [1.29, 1.82) is 0 Å². The fourth-order valence-electron chi connectivity index (χ4n) is 7.94. The highest BCUT2D eigenvalue weighted by atomic mass is 35.5. The number of morpholine rings is 1. The molecule has 340 valence electrons. The highest BCUT2D eigenvalue weighted by Crippen LogP contribution is 2.38. The lowest BCUT2D eigenvalue weighted by atomic mass is 9.83. The van der Waals surface area contributed by atoms with Gasteiger partial charge in [-0.3, -0.25) is 9.69 Å². The minimum atomic E-state index is -6.06. The van der Waals surface area contributed by atoms with Gasteiger partial charge in [0.05, 0.1) is 23.8 Å². The second-order valence-electron chi connectivity index (χ2n) is 15.7. The first-order valence-corrected chi connectivity index (χ1v) is 25.1. The first kappa shape index (κ1) is 47.3. The molecule has 0 bridgehead atoms. The predicted octanol–water partition coefficient (Wildman–Crippen LogP) is 8.63. The first-order chi connectivity index (χ1) is 30.6. The number of amides is 1. The van der Waals surface area contributed by atoms with Gasteiger partial charge in [0.25, 0.3) is 25.8 Å². The van der Waals surface area contributed by atoms with E-state index >= 15 is 0 Å². The van der Waals surface area contributed by atoms with Crippen LogP contribution in [0.5, 0.6) is 0 Å².